The fraction of sp³-hybridized carbons (Fsp3) is 0.0769. The first-order chi connectivity index (χ1) is 9.02. The summed E-state index contributed by atoms with van der Waals surface area (Å²) in [6, 6.07) is 5.46. The normalized spacial score (nSPS) is 10.3. The summed E-state index contributed by atoms with van der Waals surface area (Å²) in [4.78, 5) is 23.0. The molecule has 98 valence electrons. The Bertz CT molecular complexity index is 695. The highest BCUT2D eigenvalue weighted by Crippen LogP contribution is 2.12. The smallest absolute Gasteiger partial charge is 0.339 e. The summed E-state index contributed by atoms with van der Waals surface area (Å²) in [6.07, 6.45) is 1.21. The Hall–Kier alpha value is -2.50. The van der Waals surface area contributed by atoms with E-state index in [1.807, 2.05) is 0 Å². The highest BCUT2D eigenvalue weighted by Gasteiger charge is 2.10. The number of benzene rings is 1. The van der Waals surface area contributed by atoms with Crippen LogP contribution in [0, 0.1) is 11.6 Å². The van der Waals surface area contributed by atoms with Crippen LogP contribution in [0.5, 0.6) is 0 Å². The van der Waals surface area contributed by atoms with E-state index >= 15 is 0 Å². The molecule has 0 fully saturated rings. The van der Waals surface area contributed by atoms with Crippen LogP contribution in [-0.4, -0.2) is 17.6 Å². The van der Waals surface area contributed by atoms with E-state index in [2.05, 4.69) is 4.74 Å². The number of esters is 1. The molecule has 0 atom stereocenters. The maximum Gasteiger partial charge on any atom is 0.339 e. The number of carbonyl (C=O) groups excluding carboxylic acids is 1. The van der Waals surface area contributed by atoms with Gasteiger partial charge in [0.25, 0.3) is 5.56 Å². The molecule has 4 nitrogen and oxygen atoms in total. The zero-order valence-corrected chi connectivity index (χ0v) is 9.89. The number of ether oxygens (including phenoxy) is 1. The molecule has 0 aliphatic rings. The van der Waals surface area contributed by atoms with E-state index in [-0.39, 0.29) is 11.3 Å². The van der Waals surface area contributed by atoms with Gasteiger partial charge in [0.2, 0.25) is 0 Å². The fourth-order valence-electron chi connectivity index (χ4n) is 1.56. The van der Waals surface area contributed by atoms with Crippen LogP contribution in [0.15, 0.2) is 41.3 Å². The SMILES string of the molecule is COC(=O)c1ccc(=O)n(-c2ccc(F)c(F)c2)c1. The average molecular weight is 265 g/mol. The molecule has 0 aliphatic heterocycles. The van der Waals surface area contributed by atoms with Crippen molar-refractivity contribution in [1.82, 2.24) is 4.57 Å². The van der Waals surface area contributed by atoms with Gasteiger partial charge in [-0.25, -0.2) is 13.6 Å². The monoisotopic (exact) mass is 265 g/mol. The number of rotatable bonds is 2. The molecule has 0 spiro atoms. The van der Waals surface area contributed by atoms with Crippen LogP contribution in [0.2, 0.25) is 0 Å². The number of methoxy groups -OCH3 is 1. The predicted octanol–water partition coefficient (Wildman–Crippen LogP) is 1.90. The lowest BCUT2D eigenvalue weighted by Gasteiger charge is -2.07. The molecule has 1 heterocycles. The third-order valence-electron chi connectivity index (χ3n) is 2.51. The minimum atomic E-state index is -1.08. The van der Waals surface area contributed by atoms with Crippen molar-refractivity contribution in [3.05, 3.63) is 64.1 Å². The standard InChI is InChI=1S/C13H9F2NO3/c1-19-13(18)8-2-5-12(17)16(7-8)9-3-4-10(14)11(15)6-9/h2-7H,1H3. The van der Waals surface area contributed by atoms with Gasteiger partial charge in [-0.2, -0.15) is 0 Å². The molecule has 0 unspecified atom stereocenters. The number of nitrogens with zero attached hydrogens (tertiary/aromatic N) is 1. The van der Waals surface area contributed by atoms with E-state index in [0.29, 0.717) is 0 Å². The number of hydrogen-bond donors (Lipinski definition) is 0. The first kappa shape index (κ1) is 12.9. The zero-order chi connectivity index (χ0) is 14.0. The number of pyridine rings is 1. The van der Waals surface area contributed by atoms with E-state index in [1.165, 1.54) is 25.4 Å². The average Bonchev–Trinajstić information content (AvgIpc) is 2.41. The third-order valence-corrected chi connectivity index (χ3v) is 2.51. The van der Waals surface area contributed by atoms with E-state index in [9.17, 15) is 18.4 Å². The Kier molecular flexibility index (Phi) is 3.41. The topological polar surface area (TPSA) is 48.3 Å². The summed E-state index contributed by atoms with van der Waals surface area (Å²) >= 11 is 0. The van der Waals surface area contributed by atoms with Crippen LogP contribution in [0.25, 0.3) is 5.69 Å². The summed E-state index contributed by atoms with van der Waals surface area (Å²) in [5.41, 5.74) is -0.222. The van der Waals surface area contributed by atoms with Crippen molar-refractivity contribution in [2.24, 2.45) is 0 Å². The summed E-state index contributed by atoms with van der Waals surface area (Å²) in [5, 5.41) is 0. The van der Waals surface area contributed by atoms with Gasteiger partial charge in [0, 0.05) is 18.3 Å². The van der Waals surface area contributed by atoms with Gasteiger partial charge in [0.15, 0.2) is 11.6 Å². The van der Waals surface area contributed by atoms with E-state index in [1.54, 1.807) is 0 Å². The molecule has 0 bridgehead atoms. The molecule has 0 saturated carbocycles. The van der Waals surface area contributed by atoms with Crippen molar-refractivity contribution in [3.8, 4) is 5.69 Å². The Labute approximate surface area is 106 Å². The second-order valence-corrected chi connectivity index (χ2v) is 3.72. The molecule has 0 N–H and O–H groups in total. The van der Waals surface area contributed by atoms with Gasteiger partial charge in [0.05, 0.1) is 18.4 Å². The molecular weight excluding hydrogens is 256 g/mol. The van der Waals surface area contributed by atoms with Crippen LogP contribution in [0.4, 0.5) is 8.78 Å². The number of hydrogen-bond acceptors (Lipinski definition) is 3. The van der Waals surface area contributed by atoms with E-state index in [0.717, 1.165) is 22.8 Å². The lowest BCUT2D eigenvalue weighted by molar-refractivity contribution is 0.0600. The maximum absolute atomic E-state index is 13.1. The minimum Gasteiger partial charge on any atom is -0.465 e. The van der Waals surface area contributed by atoms with E-state index in [4.69, 9.17) is 0 Å². The lowest BCUT2D eigenvalue weighted by Crippen LogP contribution is -2.19. The summed E-state index contributed by atoms with van der Waals surface area (Å²) in [7, 11) is 1.20. The fourth-order valence-corrected chi connectivity index (χ4v) is 1.56. The van der Waals surface area contributed by atoms with Crippen LogP contribution < -0.4 is 5.56 Å². The largest absolute Gasteiger partial charge is 0.465 e. The highest BCUT2D eigenvalue weighted by molar-refractivity contribution is 5.88. The van der Waals surface area contributed by atoms with Crippen LogP contribution in [0.1, 0.15) is 10.4 Å². The Balaban J connectivity index is 2.57. The van der Waals surface area contributed by atoms with Crippen molar-refractivity contribution < 1.29 is 18.3 Å². The van der Waals surface area contributed by atoms with Gasteiger partial charge in [-0.05, 0) is 18.2 Å². The molecule has 0 amide bonds. The number of aromatic nitrogens is 1. The number of carbonyl (C=O) groups is 1. The lowest BCUT2D eigenvalue weighted by atomic mass is 10.2. The highest BCUT2D eigenvalue weighted by atomic mass is 19.2. The Morgan fingerprint density at radius 2 is 1.89 bits per heavy atom. The van der Waals surface area contributed by atoms with Crippen LogP contribution >= 0.6 is 0 Å². The van der Waals surface area contributed by atoms with Gasteiger partial charge < -0.3 is 4.74 Å². The maximum atomic E-state index is 13.1. The first-order valence-electron chi connectivity index (χ1n) is 5.29. The van der Waals surface area contributed by atoms with Crippen molar-refractivity contribution in [3.63, 3.8) is 0 Å². The zero-order valence-electron chi connectivity index (χ0n) is 9.89. The molecule has 6 heteroatoms. The van der Waals surface area contributed by atoms with E-state index < -0.39 is 23.2 Å². The second kappa shape index (κ2) is 5.01. The first-order valence-corrected chi connectivity index (χ1v) is 5.29. The van der Waals surface area contributed by atoms with Gasteiger partial charge in [-0.1, -0.05) is 0 Å². The molecule has 19 heavy (non-hydrogen) atoms. The van der Waals surface area contributed by atoms with Crippen molar-refractivity contribution in [1.29, 1.82) is 0 Å². The van der Waals surface area contributed by atoms with Crippen molar-refractivity contribution in [2.45, 2.75) is 0 Å². The summed E-state index contributed by atoms with van der Waals surface area (Å²) < 4.78 is 31.5. The number of halogens is 2. The minimum absolute atomic E-state index is 0.120. The molecule has 2 rings (SSSR count). The molecule has 0 radical (unpaired) electrons. The van der Waals surface area contributed by atoms with Gasteiger partial charge in [-0.15, -0.1) is 0 Å². The van der Waals surface area contributed by atoms with Crippen molar-refractivity contribution >= 4 is 5.97 Å². The molecule has 1 aromatic carbocycles. The van der Waals surface area contributed by atoms with Gasteiger partial charge in [0.1, 0.15) is 0 Å². The quantitative estimate of drug-likeness (QED) is 0.779. The third kappa shape index (κ3) is 2.52. The van der Waals surface area contributed by atoms with Crippen LogP contribution in [0.3, 0.4) is 0 Å². The molecular formula is C13H9F2NO3. The Morgan fingerprint density at radius 3 is 2.53 bits per heavy atom. The molecule has 1 aromatic heterocycles. The van der Waals surface area contributed by atoms with Gasteiger partial charge in [-0.3, -0.25) is 9.36 Å². The second-order valence-electron chi connectivity index (χ2n) is 3.72. The summed E-state index contributed by atoms with van der Waals surface area (Å²) in [5.74, 6) is -2.72. The molecule has 0 aliphatic carbocycles. The molecule has 0 saturated heterocycles. The van der Waals surface area contributed by atoms with Gasteiger partial charge >= 0.3 is 5.97 Å². The van der Waals surface area contributed by atoms with Crippen molar-refractivity contribution in [2.75, 3.05) is 7.11 Å². The molecule has 2 aromatic rings. The van der Waals surface area contributed by atoms with Crippen LogP contribution in [-0.2, 0) is 4.74 Å². The predicted molar refractivity (Wildman–Crippen MR) is 63.3 cm³/mol. The Morgan fingerprint density at radius 1 is 1.16 bits per heavy atom. The summed E-state index contributed by atoms with van der Waals surface area (Å²) in [6.45, 7) is 0.